The van der Waals surface area contributed by atoms with Gasteiger partial charge in [-0.1, -0.05) is 5.16 Å². The molecule has 3 N–H and O–H groups in total. The highest BCUT2D eigenvalue weighted by Crippen LogP contribution is 2.23. The van der Waals surface area contributed by atoms with Crippen LogP contribution in [-0.4, -0.2) is 37.3 Å². The van der Waals surface area contributed by atoms with E-state index in [-0.39, 0.29) is 11.9 Å². The molecular formula is C13H20BrN3O2. The molecule has 19 heavy (non-hydrogen) atoms. The molecule has 5 nitrogen and oxygen atoms in total. The van der Waals surface area contributed by atoms with Crippen LogP contribution in [0, 0.1) is 0 Å². The second-order valence-corrected chi connectivity index (χ2v) is 5.34. The summed E-state index contributed by atoms with van der Waals surface area (Å²) in [6.45, 7) is 5.51. The molecule has 0 atom stereocenters. The Bertz CT molecular complexity index is 450. The quantitative estimate of drug-likeness (QED) is 0.364. The molecular weight excluding hydrogens is 310 g/mol. The Morgan fingerprint density at radius 2 is 2.21 bits per heavy atom. The van der Waals surface area contributed by atoms with Gasteiger partial charge >= 0.3 is 0 Å². The van der Waals surface area contributed by atoms with E-state index in [9.17, 15) is 0 Å². The monoisotopic (exact) mass is 329 g/mol. The van der Waals surface area contributed by atoms with Crippen molar-refractivity contribution in [1.29, 1.82) is 0 Å². The lowest BCUT2D eigenvalue weighted by Crippen LogP contribution is -2.24. The summed E-state index contributed by atoms with van der Waals surface area (Å²) in [5.41, 5.74) is 7.27. The number of ether oxygens (including phenoxy) is 1. The summed E-state index contributed by atoms with van der Waals surface area (Å²) in [5.74, 6) is 0.0872. The zero-order valence-electron chi connectivity index (χ0n) is 11.4. The van der Waals surface area contributed by atoms with Gasteiger partial charge in [0.1, 0.15) is 0 Å². The molecule has 0 heterocycles. The van der Waals surface area contributed by atoms with Gasteiger partial charge in [-0.05, 0) is 48.0 Å². The number of benzene rings is 1. The van der Waals surface area contributed by atoms with E-state index in [2.05, 4.69) is 26.0 Å². The Balaban J connectivity index is 2.72. The van der Waals surface area contributed by atoms with Crippen LogP contribution in [0.3, 0.4) is 0 Å². The van der Waals surface area contributed by atoms with Crippen LogP contribution in [0.4, 0.5) is 5.69 Å². The number of amidine groups is 1. The van der Waals surface area contributed by atoms with E-state index in [1.165, 1.54) is 0 Å². The maximum Gasteiger partial charge on any atom is 0.171 e. The number of likely N-dealkylation sites (N-methyl/N-ethyl adjacent to an activating group) is 1. The van der Waals surface area contributed by atoms with Gasteiger partial charge in [-0.2, -0.15) is 0 Å². The molecule has 0 aliphatic heterocycles. The number of hydrogen-bond acceptors (Lipinski definition) is 4. The number of hydrogen-bond donors (Lipinski definition) is 2. The molecule has 1 rings (SSSR count). The highest BCUT2D eigenvalue weighted by molar-refractivity contribution is 9.10. The number of rotatable bonds is 6. The SMILES string of the molecule is CC(C)OCCN(C)c1ccc(/C(N)=N/O)c(Br)c1. The van der Waals surface area contributed by atoms with Crippen LogP contribution in [0.2, 0.25) is 0 Å². The molecule has 0 fully saturated rings. The van der Waals surface area contributed by atoms with Crippen molar-refractivity contribution in [3.05, 3.63) is 28.2 Å². The summed E-state index contributed by atoms with van der Waals surface area (Å²) in [5, 5.41) is 11.7. The molecule has 1 aromatic rings. The normalized spacial score (nSPS) is 11.9. The Labute approximate surface area is 122 Å². The average molecular weight is 330 g/mol. The van der Waals surface area contributed by atoms with Gasteiger partial charge in [0.2, 0.25) is 0 Å². The minimum Gasteiger partial charge on any atom is -0.409 e. The van der Waals surface area contributed by atoms with Crippen LogP contribution in [0.25, 0.3) is 0 Å². The van der Waals surface area contributed by atoms with E-state index >= 15 is 0 Å². The molecule has 0 saturated heterocycles. The van der Waals surface area contributed by atoms with Crippen molar-refractivity contribution in [3.8, 4) is 0 Å². The first-order chi connectivity index (χ1) is 8.95. The molecule has 1 aromatic carbocycles. The second kappa shape index (κ2) is 7.35. The summed E-state index contributed by atoms with van der Waals surface area (Å²) >= 11 is 3.42. The highest BCUT2D eigenvalue weighted by Gasteiger charge is 2.08. The summed E-state index contributed by atoms with van der Waals surface area (Å²) < 4.78 is 6.31. The van der Waals surface area contributed by atoms with Crippen molar-refractivity contribution in [2.45, 2.75) is 20.0 Å². The third-order valence-electron chi connectivity index (χ3n) is 2.66. The van der Waals surface area contributed by atoms with Gasteiger partial charge in [-0.3, -0.25) is 0 Å². The fourth-order valence-electron chi connectivity index (χ4n) is 1.56. The Morgan fingerprint density at radius 1 is 1.53 bits per heavy atom. The molecule has 0 unspecified atom stereocenters. The zero-order valence-corrected chi connectivity index (χ0v) is 13.0. The molecule has 0 radical (unpaired) electrons. The lowest BCUT2D eigenvalue weighted by molar-refractivity contribution is 0.0846. The fraction of sp³-hybridized carbons (Fsp3) is 0.462. The van der Waals surface area contributed by atoms with Crippen LogP contribution in [0.5, 0.6) is 0 Å². The fourth-order valence-corrected chi connectivity index (χ4v) is 2.13. The predicted molar refractivity (Wildman–Crippen MR) is 81.0 cm³/mol. The van der Waals surface area contributed by atoms with Gasteiger partial charge in [0.25, 0.3) is 0 Å². The molecule has 0 aromatic heterocycles. The average Bonchev–Trinajstić information content (AvgIpc) is 2.37. The van der Waals surface area contributed by atoms with E-state index in [0.717, 1.165) is 16.7 Å². The van der Waals surface area contributed by atoms with E-state index in [1.54, 1.807) is 0 Å². The van der Waals surface area contributed by atoms with Crippen molar-refractivity contribution in [2.75, 3.05) is 25.1 Å². The summed E-state index contributed by atoms with van der Waals surface area (Å²) in [7, 11) is 1.99. The van der Waals surface area contributed by atoms with Gasteiger partial charge in [0.05, 0.1) is 12.7 Å². The smallest absolute Gasteiger partial charge is 0.171 e. The molecule has 0 amide bonds. The first-order valence-electron chi connectivity index (χ1n) is 6.06. The maximum atomic E-state index is 8.67. The highest BCUT2D eigenvalue weighted by atomic mass is 79.9. The second-order valence-electron chi connectivity index (χ2n) is 4.49. The van der Waals surface area contributed by atoms with E-state index in [4.69, 9.17) is 15.7 Å². The van der Waals surface area contributed by atoms with Crippen molar-refractivity contribution < 1.29 is 9.94 Å². The molecule has 0 spiro atoms. The first kappa shape index (κ1) is 15.8. The summed E-state index contributed by atoms with van der Waals surface area (Å²) in [6, 6.07) is 5.67. The standard InChI is InChI=1S/C13H20BrN3O2/c1-9(2)19-7-6-17(3)10-4-5-11(12(14)8-10)13(15)16-18/h4-5,8-9,18H,6-7H2,1-3H3,(H2,15,16). The summed E-state index contributed by atoms with van der Waals surface area (Å²) in [6.07, 6.45) is 0.239. The van der Waals surface area contributed by atoms with Gasteiger partial charge in [-0.15, -0.1) is 0 Å². The Hall–Kier alpha value is -1.27. The first-order valence-corrected chi connectivity index (χ1v) is 6.85. The number of oxime groups is 1. The van der Waals surface area contributed by atoms with Crippen molar-refractivity contribution in [1.82, 2.24) is 0 Å². The van der Waals surface area contributed by atoms with Gasteiger partial charge in [0, 0.05) is 29.3 Å². The molecule has 0 saturated carbocycles. The molecule has 6 heteroatoms. The van der Waals surface area contributed by atoms with Gasteiger partial charge in [-0.25, -0.2) is 0 Å². The van der Waals surface area contributed by atoms with E-state index in [0.29, 0.717) is 12.2 Å². The predicted octanol–water partition coefficient (Wildman–Crippen LogP) is 2.40. The number of anilines is 1. The van der Waals surface area contributed by atoms with Gasteiger partial charge < -0.3 is 20.6 Å². The summed E-state index contributed by atoms with van der Waals surface area (Å²) in [4.78, 5) is 2.09. The molecule has 0 bridgehead atoms. The number of halogens is 1. The Kier molecular flexibility index (Phi) is 6.11. The number of nitrogens with two attached hydrogens (primary N) is 1. The van der Waals surface area contributed by atoms with E-state index in [1.807, 2.05) is 39.1 Å². The third-order valence-corrected chi connectivity index (χ3v) is 3.31. The molecule has 0 aliphatic carbocycles. The lowest BCUT2D eigenvalue weighted by Gasteiger charge is -2.21. The molecule has 106 valence electrons. The van der Waals surface area contributed by atoms with Crippen molar-refractivity contribution in [3.63, 3.8) is 0 Å². The van der Waals surface area contributed by atoms with Crippen LogP contribution < -0.4 is 10.6 Å². The Morgan fingerprint density at radius 3 is 2.74 bits per heavy atom. The third kappa shape index (κ3) is 4.72. The molecule has 0 aliphatic rings. The topological polar surface area (TPSA) is 71.1 Å². The van der Waals surface area contributed by atoms with Crippen molar-refractivity contribution in [2.24, 2.45) is 10.9 Å². The van der Waals surface area contributed by atoms with E-state index < -0.39 is 0 Å². The number of nitrogens with zero attached hydrogens (tertiary/aromatic N) is 2. The van der Waals surface area contributed by atoms with Crippen LogP contribution in [-0.2, 0) is 4.74 Å². The van der Waals surface area contributed by atoms with Crippen LogP contribution in [0.15, 0.2) is 27.8 Å². The minimum atomic E-state index is 0.0872. The van der Waals surface area contributed by atoms with Crippen LogP contribution >= 0.6 is 15.9 Å². The van der Waals surface area contributed by atoms with Gasteiger partial charge in [0.15, 0.2) is 5.84 Å². The largest absolute Gasteiger partial charge is 0.409 e. The maximum absolute atomic E-state index is 8.67. The zero-order chi connectivity index (χ0) is 14.4. The van der Waals surface area contributed by atoms with Crippen molar-refractivity contribution >= 4 is 27.5 Å². The lowest BCUT2D eigenvalue weighted by atomic mass is 10.2. The minimum absolute atomic E-state index is 0.0872. The van der Waals surface area contributed by atoms with Crippen LogP contribution in [0.1, 0.15) is 19.4 Å².